The molecule has 58 heavy (non-hydrogen) atoms. The standard InChI is InChI=1S/C56H38N2/c1-3-14-39(15-4-1)42-17-11-18-43(36-42)40-30-32-47(33-31-40)57(49-34-35-51-45(38-49)29-28-41-16-7-8-23-50(41)51)48-22-12-19-44(37-48)52-25-13-27-55-56(52)53-24-9-10-26-54(53)58(55)46-20-5-2-6-21-46/h1-38H. The summed E-state index contributed by atoms with van der Waals surface area (Å²) in [6.07, 6.45) is 0. The second kappa shape index (κ2) is 14.1. The Bertz CT molecular complexity index is 3270. The third kappa shape index (κ3) is 5.82. The van der Waals surface area contributed by atoms with E-state index >= 15 is 0 Å². The zero-order valence-corrected chi connectivity index (χ0v) is 31.8. The van der Waals surface area contributed by atoms with E-state index in [0.29, 0.717) is 0 Å². The van der Waals surface area contributed by atoms with E-state index in [9.17, 15) is 0 Å². The number of hydrogen-bond acceptors (Lipinski definition) is 1. The molecular formula is C56H38N2. The summed E-state index contributed by atoms with van der Waals surface area (Å²) in [7, 11) is 0. The Kier molecular flexibility index (Phi) is 8.19. The third-order valence-corrected chi connectivity index (χ3v) is 11.5. The minimum Gasteiger partial charge on any atom is -0.310 e. The van der Waals surface area contributed by atoms with Gasteiger partial charge in [0, 0.05) is 33.5 Å². The van der Waals surface area contributed by atoms with Crippen LogP contribution in [0.25, 0.3) is 82.4 Å². The molecule has 10 aromatic carbocycles. The van der Waals surface area contributed by atoms with E-state index in [1.54, 1.807) is 0 Å². The second-order valence-electron chi connectivity index (χ2n) is 15.0. The molecule has 0 aliphatic carbocycles. The van der Waals surface area contributed by atoms with Crippen molar-refractivity contribution in [3.8, 4) is 39.1 Å². The van der Waals surface area contributed by atoms with Gasteiger partial charge in [-0.2, -0.15) is 0 Å². The molecule has 0 atom stereocenters. The monoisotopic (exact) mass is 738 g/mol. The predicted octanol–water partition coefficient (Wildman–Crippen LogP) is 15.6. The van der Waals surface area contributed by atoms with Gasteiger partial charge in [0.15, 0.2) is 0 Å². The Morgan fingerprint density at radius 2 is 0.862 bits per heavy atom. The van der Waals surface area contributed by atoms with Crippen LogP contribution in [0.5, 0.6) is 0 Å². The van der Waals surface area contributed by atoms with Crippen LogP contribution in [0.1, 0.15) is 0 Å². The van der Waals surface area contributed by atoms with Crippen molar-refractivity contribution in [1.29, 1.82) is 0 Å². The number of anilines is 3. The van der Waals surface area contributed by atoms with Gasteiger partial charge in [0.1, 0.15) is 0 Å². The Morgan fingerprint density at radius 1 is 0.293 bits per heavy atom. The zero-order chi connectivity index (χ0) is 38.4. The van der Waals surface area contributed by atoms with Gasteiger partial charge in [-0.15, -0.1) is 0 Å². The fourth-order valence-electron chi connectivity index (χ4n) is 8.83. The third-order valence-electron chi connectivity index (χ3n) is 11.5. The molecule has 272 valence electrons. The smallest absolute Gasteiger partial charge is 0.0547 e. The Morgan fingerprint density at radius 3 is 1.69 bits per heavy atom. The summed E-state index contributed by atoms with van der Waals surface area (Å²) in [5.74, 6) is 0. The number of para-hydroxylation sites is 2. The summed E-state index contributed by atoms with van der Waals surface area (Å²) in [4.78, 5) is 2.40. The highest BCUT2D eigenvalue weighted by Crippen LogP contribution is 2.43. The molecule has 0 bridgehead atoms. The average molecular weight is 739 g/mol. The molecule has 0 radical (unpaired) electrons. The van der Waals surface area contributed by atoms with Gasteiger partial charge >= 0.3 is 0 Å². The van der Waals surface area contributed by atoms with Crippen LogP contribution < -0.4 is 4.90 Å². The molecule has 0 aliphatic heterocycles. The van der Waals surface area contributed by atoms with Gasteiger partial charge in [0.05, 0.1) is 11.0 Å². The molecule has 0 spiro atoms. The van der Waals surface area contributed by atoms with Crippen LogP contribution in [0.4, 0.5) is 17.1 Å². The molecule has 1 aromatic heterocycles. The van der Waals surface area contributed by atoms with Crippen LogP contribution in [0, 0.1) is 0 Å². The molecule has 0 saturated heterocycles. The van der Waals surface area contributed by atoms with Crippen molar-refractivity contribution in [3.63, 3.8) is 0 Å². The first-order chi connectivity index (χ1) is 28.8. The normalized spacial score (nSPS) is 11.4. The maximum atomic E-state index is 2.40. The van der Waals surface area contributed by atoms with E-state index in [4.69, 9.17) is 0 Å². The minimum absolute atomic E-state index is 1.10. The number of benzene rings is 10. The number of aromatic nitrogens is 1. The van der Waals surface area contributed by atoms with Crippen molar-refractivity contribution in [1.82, 2.24) is 4.57 Å². The molecular weight excluding hydrogens is 701 g/mol. The summed E-state index contributed by atoms with van der Waals surface area (Å²) in [6.45, 7) is 0. The highest BCUT2D eigenvalue weighted by atomic mass is 15.1. The Balaban J connectivity index is 1.06. The van der Waals surface area contributed by atoms with Gasteiger partial charge < -0.3 is 9.47 Å². The lowest BCUT2D eigenvalue weighted by atomic mass is 9.97. The van der Waals surface area contributed by atoms with E-state index in [-0.39, 0.29) is 0 Å². The van der Waals surface area contributed by atoms with Crippen molar-refractivity contribution in [2.45, 2.75) is 0 Å². The lowest BCUT2D eigenvalue weighted by Gasteiger charge is -2.27. The SMILES string of the molecule is c1ccc(-c2cccc(-c3ccc(N(c4cccc(-c5cccc6c5c5ccccc5n6-c5ccccc5)c4)c4ccc5c(ccc6ccccc65)c4)cc3)c2)cc1. The van der Waals surface area contributed by atoms with Crippen LogP contribution in [-0.2, 0) is 0 Å². The van der Waals surface area contributed by atoms with Crippen molar-refractivity contribution in [3.05, 3.63) is 231 Å². The van der Waals surface area contributed by atoms with E-state index in [2.05, 4.69) is 240 Å². The van der Waals surface area contributed by atoms with Crippen LogP contribution in [0.3, 0.4) is 0 Å². The molecule has 2 nitrogen and oxygen atoms in total. The first kappa shape index (κ1) is 33.6. The number of hydrogen-bond donors (Lipinski definition) is 0. The summed E-state index contributed by atoms with van der Waals surface area (Å²) in [5, 5.41) is 7.49. The van der Waals surface area contributed by atoms with Crippen molar-refractivity contribution >= 4 is 60.4 Å². The van der Waals surface area contributed by atoms with E-state index in [1.807, 2.05) is 0 Å². The Labute approximate surface area is 338 Å². The van der Waals surface area contributed by atoms with Gasteiger partial charge in [-0.1, -0.05) is 164 Å². The molecule has 11 rings (SSSR count). The van der Waals surface area contributed by atoms with Crippen molar-refractivity contribution < 1.29 is 0 Å². The topological polar surface area (TPSA) is 8.17 Å². The largest absolute Gasteiger partial charge is 0.310 e. The van der Waals surface area contributed by atoms with Crippen LogP contribution in [0.15, 0.2) is 231 Å². The van der Waals surface area contributed by atoms with E-state index < -0.39 is 0 Å². The fourth-order valence-corrected chi connectivity index (χ4v) is 8.83. The first-order valence-corrected chi connectivity index (χ1v) is 19.9. The van der Waals surface area contributed by atoms with E-state index in [0.717, 1.165) is 22.7 Å². The molecule has 0 fully saturated rings. The summed E-state index contributed by atoms with van der Waals surface area (Å²) < 4.78 is 2.39. The quantitative estimate of drug-likeness (QED) is 0.148. The van der Waals surface area contributed by atoms with Gasteiger partial charge in [-0.05, 0) is 122 Å². The lowest BCUT2D eigenvalue weighted by Crippen LogP contribution is -2.10. The number of nitrogens with zero attached hydrogens (tertiary/aromatic N) is 2. The van der Waals surface area contributed by atoms with Gasteiger partial charge in [0.2, 0.25) is 0 Å². The molecule has 0 amide bonds. The fraction of sp³-hybridized carbons (Fsp3) is 0. The van der Waals surface area contributed by atoms with Gasteiger partial charge in [-0.3, -0.25) is 0 Å². The predicted molar refractivity (Wildman–Crippen MR) is 247 cm³/mol. The molecule has 2 heteroatoms. The highest BCUT2D eigenvalue weighted by molar-refractivity contribution is 6.16. The summed E-state index contributed by atoms with van der Waals surface area (Å²) in [6, 6.07) is 83.7. The lowest BCUT2D eigenvalue weighted by molar-refractivity contribution is 1.18. The average Bonchev–Trinajstić information content (AvgIpc) is 3.65. The molecule has 11 aromatic rings. The second-order valence-corrected chi connectivity index (χ2v) is 15.0. The molecule has 0 aliphatic rings. The summed E-state index contributed by atoms with van der Waals surface area (Å²) >= 11 is 0. The first-order valence-electron chi connectivity index (χ1n) is 19.9. The van der Waals surface area contributed by atoms with Gasteiger partial charge in [-0.25, -0.2) is 0 Å². The highest BCUT2D eigenvalue weighted by Gasteiger charge is 2.19. The van der Waals surface area contributed by atoms with Crippen LogP contribution in [0.2, 0.25) is 0 Å². The maximum absolute atomic E-state index is 2.40. The molecule has 1 heterocycles. The van der Waals surface area contributed by atoms with Crippen molar-refractivity contribution in [2.75, 3.05) is 4.90 Å². The summed E-state index contributed by atoms with van der Waals surface area (Å²) in [5.41, 5.74) is 14.1. The minimum atomic E-state index is 1.10. The molecule has 0 unspecified atom stereocenters. The number of rotatable bonds is 7. The van der Waals surface area contributed by atoms with Crippen molar-refractivity contribution in [2.24, 2.45) is 0 Å². The molecule has 0 N–H and O–H groups in total. The van der Waals surface area contributed by atoms with Crippen LogP contribution in [-0.4, -0.2) is 4.57 Å². The number of fused-ring (bicyclic) bond motifs is 6. The van der Waals surface area contributed by atoms with Gasteiger partial charge in [0.25, 0.3) is 0 Å². The van der Waals surface area contributed by atoms with Crippen LogP contribution >= 0.6 is 0 Å². The van der Waals surface area contributed by atoms with E-state index in [1.165, 1.54) is 76.7 Å². The maximum Gasteiger partial charge on any atom is 0.0547 e. The molecule has 0 saturated carbocycles. The zero-order valence-electron chi connectivity index (χ0n) is 31.8. The Hall–Kier alpha value is -7.68.